The summed E-state index contributed by atoms with van der Waals surface area (Å²) >= 11 is 1.82. The molecule has 2 atom stereocenters. The van der Waals surface area contributed by atoms with E-state index in [1.54, 1.807) is 0 Å². The van der Waals surface area contributed by atoms with Crippen LogP contribution in [0.3, 0.4) is 0 Å². The van der Waals surface area contributed by atoms with E-state index < -0.39 is 9.84 Å². The van der Waals surface area contributed by atoms with Crippen LogP contribution in [-0.4, -0.2) is 44.5 Å². The molecule has 1 aliphatic carbocycles. The Balaban J connectivity index is 2.36. The first-order valence-corrected chi connectivity index (χ1v) is 8.80. The molecule has 0 aromatic carbocycles. The van der Waals surface area contributed by atoms with Gasteiger partial charge in [0, 0.05) is 24.6 Å². The lowest BCUT2D eigenvalue weighted by Crippen LogP contribution is -2.39. The van der Waals surface area contributed by atoms with Crippen LogP contribution in [0.5, 0.6) is 0 Å². The van der Waals surface area contributed by atoms with Gasteiger partial charge in [-0.15, -0.1) is 0 Å². The fourth-order valence-electron chi connectivity index (χ4n) is 2.08. The highest BCUT2D eigenvalue weighted by atomic mass is 32.2. The topological polar surface area (TPSA) is 46.2 Å². The second-order valence-corrected chi connectivity index (χ2v) is 7.57. The van der Waals surface area contributed by atoms with E-state index in [0.717, 1.165) is 38.0 Å². The van der Waals surface area contributed by atoms with Crippen LogP contribution in [-0.2, 0) is 9.84 Å². The minimum absolute atomic E-state index is 0.113. The lowest BCUT2D eigenvalue weighted by molar-refractivity contribution is 0.379. The highest BCUT2D eigenvalue weighted by Gasteiger charge is 2.28. The maximum absolute atomic E-state index is 11.4. The lowest BCUT2D eigenvalue weighted by atomic mass is 9.95. The Morgan fingerprint density at radius 1 is 1.40 bits per heavy atom. The number of sulfone groups is 1. The molecule has 3 nitrogen and oxygen atoms in total. The van der Waals surface area contributed by atoms with E-state index in [-0.39, 0.29) is 5.25 Å². The standard InChI is InChI=1S/C10H21NO2S2/c1-14-7-6-11-9-4-3-5-10(8-9)15(2,12)13/h9-11H,3-8H2,1-2H3. The Labute approximate surface area is 97.3 Å². The van der Waals surface area contributed by atoms with Crippen molar-refractivity contribution in [2.45, 2.75) is 37.0 Å². The summed E-state index contributed by atoms with van der Waals surface area (Å²) < 4.78 is 22.9. The molecule has 0 heterocycles. The minimum Gasteiger partial charge on any atom is -0.313 e. The van der Waals surface area contributed by atoms with Gasteiger partial charge in [0.05, 0.1) is 5.25 Å². The van der Waals surface area contributed by atoms with Crippen LogP contribution in [0.25, 0.3) is 0 Å². The van der Waals surface area contributed by atoms with Gasteiger partial charge in [0.25, 0.3) is 0 Å². The van der Waals surface area contributed by atoms with Crippen molar-refractivity contribution in [3.63, 3.8) is 0 Å². The second-order valence-electron chi connectivity index (χ2n) is 4.26. The average molecular weight is 251 g/mol. The van der Waals surface area contributed by atoms with E-state index in [0.29, 0.717) is 6.04 Å². The second kappa shape index (κ2) is 6.11. The average Bonchev–Trinajstić information content (AvgIpc) is 2.17. The quantitative estimate of drug-likeness (QED) is 0.748. The minimum atomic E-state index is -2.83. The number of thioether (sulfide) groups is 1. The van der Waals surface area contributed by atoms with E-state index in [2.05, 4.69) is 11.6 Å². The van der Waals surface area contributed by atoms with Crippen molar-refractivity contribution in [3.05, 3.63) is 0 Å². The van der Waals surface area contributed by atoms with Gasteiger partial charge in [-0.25, -0.2) is 8.42 Å². The van der Waals surface area contributed by atoms with E-state index in [1.165, 1.54) is 6.26 Å². The molecule has 2 unspecified atom stereocenters. The van der Waals surface area contributed by atoms with Gasteiger partial charge >= 0.3 is 0 Å². The molecule has 1 rings (SSSR count). The van der Waals surface area contributed by atoms with E-state index in [4.69, 9.17) is 0 Å². The van der Waals surface area contributed by atoms with E-state index in [1.807, 2.05) is 11.8 Å². The molecule has 0 amide bonds. The molecule has 90 valence electrons. The lowest BCUT2D eigenvalue weighted by Gasteiger charge is -2.28. The fourth-order valence-corrected chi connectivity index (χ4v) is 3.58. The molecule has 0 aromatic heterocycles. The van der Waals surface area contributed by atoms with Gasteiger partial charge in [0.1, 0.15) is 9.84 Å². The number of hydrogen-bond acceptors (Lipinski definition) is 4. The molecular formula is C10H21NO2S2. The summed E-state index contributed by atoms with van der Waals surface area (Å²) in [6.07, 6.45) is 7.26. The van der Waals surface area contributed by atoms with Gasteiger partial charge < -0.3 is 5.32 Å². The predicted molar refractivity (Wildman–Crippen MR) is 67.3 cm³/mol. The predicted octanol–water partition coefficient (Wildman–Crippen LogP) is 1.29. The van der Waals surface area contributed by atoms with Crippen LogP contribution < -0.4 is 5.32 Å². The molecule has 1 aliphatic rings. The smallest absolute Gasteiger partial charge is 0.150 e. The van der Waals surface area contributed by atoms with Crippen LogP contribution in [0.4, 0.5) is 0 Å². The molecule has 5 heteroatoms. The summed E-state index contributed by atoms with van der Waals surface area (Å²) in [5.41, 5.74) is 0. The Morgan fingerprint density at radius 2 is 2.13 bits per heavy atom. The van der Waals surface area contributed by atoms with Crippen molar-refractivity contribution >= 4 is 21.6 Å². The zero-order chi connectivity index (χ0) is 11.3. The molecule has 1 N–H and O–H groups in total. The van der Waals surface area contributed by atoms with Crippen molar-refractivity contribution < 1.29 is 8.42 Å². The largest absolute Gasteiger partial charge is 0.313 e. The maximum atomic E-state index is 11.4. The van der Waals surface area contributed by atoms with Gasteiger partial charge in [-0.05, 0) is 25.5 Å². The molecule has 1 saturated carbocycles. The van der Waals surface area contributed by atoms with Crippen LogP contribution in [0.15, 0.2) is 0 Å². The normalized spacial score (nSPS) is 27.9. The number of nitrogens with one attached hydrogen (secondary N) is 1. The number of hydrogen-bond donors (Lipinski definition) is 1. The first kappa shape index (κ1) is 13.3. The first-order chi connectivity index (χ1) is 7.04. The Bertz CT molecular complexity index is 277. The Hall–Kier alpha value is 0.260. The third-order valence-corrected chi connectivity index (χ3v) is 5.22. The van der Waals surface area contributed by atoms with Crippen LogP contribution in [0, 0.1) is 0 Å². The summed E-state index contributed by atoms with van der Waals surface area (Å²) in [5, 5.41) is 3.33. The van der Waals surface area contributed by atoms with Crippen molar-refractivity contribution in [2.75, 3.05) is 24.8 Å². The summed E-state index contributed by atoms with van der Waals surface area (Å²) in [7, 11) is -2.83. The highest BCUT2D eigenvalue weighted by molar-refractivity contribution is 7.98. The molecule has 0 bridgehead atoms. The molecule has 0 radical (unpaired) electrons. The molecule has 0 aliphatic heterocycles. The van der Waals surface area contributed by atoms with Gasteiger partial charge in [0.2, 0.25) is 0 Å². The highest BCUT2D eigenvalue weighted by Crippen LogP contribution is 2.23. The Kier molecular flexibility index (Phi) is 5.43. The molecule has 15 heavy (non-hydrogen) atoms. The SMILES string of the molecule is CSCCNC1CCCC(S(C)(=O)=O)C1. The molecule has 1 fully saturated rings. The summed E-state index contributed by atoms with van der Waals surface area (Å²) in [5.74, 6) is 1.10. The molecule has 0 saturated heterocycles. The van der Waals surface area contributed by atoms with Crippen molar-refractivity contribution in [3.8, 4) is 0 Å². The first-order valence-electron chi connectivity index (χ1n) is 5.45. The van der Waals surface area contributed by atoms with Gasteiger partial charge in [-0.2, -0.15) is 11.8 Å². The summed E-state index contributed by atoms with van der Waals surface area (Å²) in [6.45, 7) is 0.988. The van der Waals surface area contributed by atoms with Crippen LogP contribution >= 0.6 is 11.8 Å². The molecule has 0 aromatic rings. The molecule has 0 spiro atoms. The number of rotatable bonds is 5. The van der Waals surface area contributed by atoms with E-state index in [9.17, 15) is 8.42 Å². The van der Waals surface area contributed by atoms with Gasteiger partial charge in [-0.3, -0.25) is 0 Å². The van der Waals surface area contributed by atoms with E-state index >= 15 is 0 Å². The van der Waals surface area contributed by atoms with Gasteiger partial charge in [0.15, 0.2) is 0 Å². The van der Waals surface area contributed by atoms with Gasteiger partial charge in [-0.1, -0.05) is 6.42 Å². The Morgan fingerprint density at radius 3 is 2.73 bits per heavy atom. The van der Waals surface area contributed by atoms with Crippen molar-refractivity contribution in [2.24, 2.45) is 0 Å². The summed E-state index contributed by atoms with van der Waals surface area (Å²) in [4.78, 5) is 0. The van der Waals surface area contributed by atoms with Crippen molar-refractivity contribution in [1.82, 2.24) is 5.32 Å². The van der Waals surface area contributed by atoms with Crippen molar-refractivity contribution in [1.29, 1.82) is 0 Å². The zero-order valence-electron chi connectivity index (χ0n) is 9.53. The third kappa shape index (κ3) is 4.74. The monoisotopic (exact) mass is 251 g/mol. The molecular weight excluding hydrogens is 230 g/mol. The fraction of sp³-hybridized carbons (Fsp3) is 1.00. The zero-order valence-corrected chi connectivity index (χ0v) is 11.2. The summed E-state index contributed by atoms with van der Waals surface area (Å²) in [6, 6.07) is 0.408. The van der Waals surface area contributed by atoms with Crippen LogP contribution in [0.2, 0.25) is 0 Å². The maximum Gasteiger partial charge on any atom is 0.150 e. The third-order valence-electron chi connectivity index (χ3n) is 2.97. The van der Waals surface area contributed by atoms with Crippen LogP contribution in [0.1, 0.15) is 25.7 Å².